The highest BCUT2D eigenvalue weighted by Gasteiger charge is 2.21. The molecule has 0 aliphatic heterocycles. The lowest BCUT2D eigenvalue weighted by Gasteiger charge is -2.17. The molecule has 0 atom stereocenters. The molecular formula is C12H14N2OS2. The van der Waals surface area contributed by atoms with Crippen molar-refractivity contribution in [1.29, 1.82) is 0 Å². The van der Waals surface area contributed by atoms with E-state index in [0.29, 0.717) is 0 Å². The van der Waals surface area contributed by atoms with Gasteiger partial charge in [0.05, 0.1) is 10.2 Å². The topological polar surface area (TPSA) is 44.9 Å². The quantitative estimate of drug-likeness (QED) is 0.768. The number of aromatic amines is 1. The maximum Gasteiger partial charge on any atom is 0.229 e. The lowest BCUT2D eigenvalue weighted by atomic mass is 9.95. The average molecular weight is 266 g/mol. The van der Waals surface area contributed by atoms with Crippen LogP contribution in [0.5, 0.6) is 0 Å². The van der Waals surface area contributed by atoms with Crippen molar-refractivity contribution in [1.82, 2.24) is 4.98 Å². The molecule has 1 aromatic heterocycles. The van der Waals surface area contributed by atoms with Crippen LogP contribution in [0.4, 0.5) is 5.69 Å². The number of hydrogen-bond donors (Lipinski definition) is 2. The first-order valence-electron chi connectivity index (χ1n) is 5.30. The first-order chi connectivity index (χ1) is 7.86. The highest BCUT2D eigenvalue weighted by Crippen LogP contribution is 2.24. The van der Waals surface area contributed by atoms with Crippen molar-refractivity contribution in [2.24, 2.45) is 5.41 Å². The molecule has 0 fully saturated rings. The predicted octanol–water partition coefficient (Wildman–Crippen LogP) is 3.94. The lowest BCUT2D eigenvalue weighted by Crippen LogP contribution is -2.27. The Morgan fingerprint density at radius 1 is 1.41 bits per heavy atom. The van der Waals surface area contributed by atoms with E-state index in [1.807, 2.05) is 39.0 Å². The van der Waals surface area contributed by atoms with Crippen molar-refractivity contribution in [3.63, 3.8) is 0 Å². The number of hydrogen-bond acceptors (Lipinski definition) is 3. The SMILES string of the molecule is CC(C)(C)C(=O)Nc1ccc2[nH]c(=S)sc2c1. The molecule has 0 aliphatic rings. The second-order valence-electron chi connectivity index (χ2n) is 4.93. The van der Waals surface area contributed by atoms with Gasteiger partial charge in [0.2, 0.25) is 5.91 Å². The number of nitrogens with one attached hydrogen (secondary N) is 2. The summed E-state index contributed by atoms with van der Waals surface area (Å²) in [4.78, 5) is 14.9. The predicted molar refractivity (Wildman–Crippen MR) is 75.1 cm³/mol. The third-order valence-electron chi connectivity index (χ3n) is 2.36. The van der Waals surface area contributed by atoms with Crippen LogP contribution in [0.3, 0.4) is 0 Å². The fourth-order valence-corrected chi connectivity index (χ4v) is 2.50. The highest BCUT2D eigenvalue weighted by molar-refractivity contribution is 7.73. The number of aromatic nitrogens is 1. The normalized spacial score (nSPS) is 11.7. The summed E-state index contributed by atoms with van der Waals surface area (Å²) in [5.41, 5.74) is 1.43. The third-order valence-corrected chi connectivity index (χ3v) is 3.56. The zero-order chi connectivity index (χ0) is 12.6. The van der Waals surface area contributed by atoms with E-state index >= 15 is 0 Å². The maximum absolute atomic E-state index is 11.8. The second kappa shape index (κ2) is 4.23. The number of rotatable bonds is 1. The standard InChI is InChI=1S/C12H14N2OS2/c1-12(2,3)10(15)13-7-4-5-8-9(6-7)17-11(16)14-8/h4-6H,1-3H3,(H,13,15)(H,14,16). The van der Waals surface area contributed by atoms with Gasteiger partial charge < -0.3 is 10.3 Å². The summed E-state index contributed by atoms with van der Waals surface area (Å²) < 4.78 is 1.81. The van der Waals surface area contributed by atoms with E-state index in [2.05, 4.69) is 10.3 Å². The van der Waals surface area contributed by atoms with E-state index in [1.165, 1.54) is 11.3 Å². The van der Waals surface area contributed by atoms with Gasteiger partial charge in [0.1, 0.15) is 0 Å². The second-order valence-corrected chi connectivity index (χ2v) is 6.65. The fraction of sp³-hybridized carbons (Fsp3) is 0.333. The van der Waals surface area contributed by atoms with Crippen LogP contribution < -0.4 is 5.32 Å². The van der Waals surface area contributed by atoms with E-state index in [9.17, 15) is 4.79 Å². The Kier molecular flexibility index (Phi) is 3.05. The lowest BCUT2D eigenvalue weighted by molar-refractivity contribution is -0.123. The molecule has 0 unspecified atom stereocenters. The van der Waals surface area contributed by atoms with Crippen LogP contribution in [-0.2, 0) is 4.79 Å². The minimum absolute atomic E-state index is 0.0102. The first-order valence-corrected chi connectivity index (χ1v) is 6.53. The van der Waals surface area contributed by atoms with Crippen molar-refractivity contribution in [3.05, 3.63) is 22.2 Å². The van der Waals surface area contributed by atoms with Crippen molar-refractivity contribution >= 4 is 45.4 Å². The van der Waals surface area contributed by atoms with Crippen molar-refractivity contribution < 1.29 is 4.79 Å². The summed E-state index contributed by atoms with van der Waals surface area (Å²) in [6.07, 6.45) is 0. The number of fused-ring (bicyclic) bond motifs is 1. The molecule has 2 rings (SSSR count). The molecule has 0 saturated carbocycles. The smallest absolute Gasteiger partial charge is 0.229 e. The van der Waals surface area contributed by atoms with E-state index in [1.54, 1.807) is 0 Å². The maximum atomic E-state index is 11.8. The summed E-state index contributed by atoms with van der Waals surface area (Å²) in [5, 5.41) is 2.90. The fourth-order valence-electron chi connectivity index (χ4n) is 1.34. The number of amides is 1. The number of thiazole rings is 1. The number of benzene rings is 1. The molecule has 1 amide bonds. The molecule has 2 aromatic rings. The van der Waals surface area contributed by atoms with E-state index in [0.717, 1.165) is 19.9 Å². The van der Waals surface area contributed by atoms with E-state index in [4.69, 9.17) is 12.2 Å². The Morgan fingerprint density at radius 2 is 2.12 bits per heavy atom. The molecule has 90 valence electrons. The van der Waals surface area contributed by atoms with Gasteiger partial charge in [-0.05, 0) is 30.4 Å². The highest BCUT2D eigenvalue weighted by atomic mass is 32.1. The average Bonchev–Trinajstić information content (AvgIpc) is 2.55. The molecule has 2 N–H and O–H groups in total. The molecule has 0 radical (unpaired) electrons. The molecule has 0 aliphatic carbocycles. The minimum Gasteiger partial charge on any atom is -0.337 e. The molecule has 3 nitrogen and oxygen atoms in total. The van der Waals surface area contributed by atoms with Gasteiger partial charge >= 0.3 is 0 Å². The van der Waals surface area contributed by atoms with Gasteiger partial charge in [-0.2, -0.15) is 0 Å². The van der Waals surface area contributed by atoms with Crippen molar-refractivity contribution in [3.8, 4) is 0 Å². The van der Waals surface area contributed by atoms with E-state index < -0.39 is 0 Å². The molecular weight excluding hydrogens is 252 g/mol. The van der Waals surface area contributed by atoms with Gasteiger partial charge in [-0.25, -0.2) is 0 Å². The van der Waals surface area contributed by atoms with Crippen LogP contribution in [0.25, 0.3) is 10.2 Å². The van der Waals surface area contributed by atoms with Crippen molar-refractivity contribution in [2.45, 2.75) is 20.8 Å². The van der Waals surface area contributed by atoms with E-state index in [-0.39, 0.29) is 11.3 Å². The van der Waals surface area contributed by atoms with Crippen molar-refractivity contribution in [2.75, 3.05) is 5.32 Å². The number of carbonyl (C=O) groups is 1. The Balaban J connectivity index is 2.31. The van der Waals surface area contributed by atoms with Crippen LogP contribution in [0.1, 0.15) is 20.8 Å². The molecule has 5 heteroatoms. The van der Waals surface area contributed by atoms with Gasteiger partial charge in [0.15, 0.2) is 3.95 Å². The summed E-state index contributed by atoms with van der Waals surface area (Å²) >= 11 is 6.59. The Morgan fingerprint density at radius 3 is 2.76 bits per heavy atom. The van der Waals surface area contributed by atoms with Gasteiger partial charge in [-0.1, -0.05) is 20.8 Å². The summed E-state index contributed by atoms with van der Waals surface area (Å²) in [6, 6.07) is 5.75. The Hall–Kier alpha value is -1.20. The van der Waals surface area contributed by atoms with Crippen LogP contribution in [0.15, 0.2) is 18.2 Å². The molecule has 17 heavy (non-hydrogen) atoms. The molecule has 1 heterocycles. The Bertz CT molecular complexity index is 619. The number of anilines is 1. The minimum atomic E-state index is -0.389. The van der Waals surface area contributed by atoms with Crippen LogP contribution in [0, 0.1) is 9.37 Å². The molecule has 0 saturated heterocycles. The first kappa shape index (κ1) is 12.3. The number of H-pyrrole nitrogens is 1. The third kappa shape index (κ3) is 2.73. The Labute approximate surface area is 109 Å². The summed E-state index contributed by atoms with van der Waals surface area (Å²) in [5.74, 6) is 0.0102. The summed E-state index contributed by atoms with van der Waals surface area (Å²) in [7, 11) is 0. The molecule has 0 spiro atoms. The van der Waals surface area contributed by atoms with Crippen LogP contribution in [-0.4, -0.2) is 10.9 Å². The zero-order valence-corrected chi connectivity index (χ0v) is 11.6. The molecule has 0 bridgehead atoms. The van der Waals surface area contributed by atoms with Crippen LogP contribution >= 0.6 is 23.6 Å². The van der Waals surface area contributed by atoms with Gasteiger partial charge in [-0.3, -0.25) is 4.79 Å². The zero-order valence-electron chi connectivity index (χ0n) is 9.96. The van der Waals surface area contributed by atoms with Gasteiger partial charge in [0, 0.05) is 11.1 Å². The summed E-state index contributed by atoms with van der Waals surface area (Å²) in [6.45, 7) is 5.67. The largest absolute Gasteiger partial charge is 0.337 e. The number of carbonyl (C=O) groups excluding carboxylic acids is 1. The van der Waals surface area contributed by atoms with Gasteiger partial charge in [-0.15, -0.1) is 11.3 Å². The monoisotopic (exact) mass is 266 g/mol. The molecule has 1 aromatic carbocycles. The van der Waals surface area contributed by atoms with Gasteiger partial charge in [0.25, 0.3) is 0 Å². The van der Waals surface area contributed by atoms with Crippen LogP contribution in [0.2, 0.25) is 0 Å².